The van der Waals surface area contributed by atoms with Crippen LogP contribution in [0.25, 0.3) is 0 Å². The zero-order valence-electron chi connectivity index (χ0n) is 13.4. The molecule has 2 fully saturated rings. The first-order chi connectivity index (χ1) is 11.0. The molecule has 4 N–H and O–H groups in total. The predicted octanol–water partition coefficient (Wildman–Crippen LogP) is -0.231. The number of hydrogen-bond donors (Lipinski definition) is 4. The van der Waals surface area contributed by atoms with Gasteiger partial charge in [-0.2, -0.15) is 0 Å². The maximum absolute atomic E-state index is 12.0. The number of carbonyl (C=O) groups is 2. The molecular weight excluding hydrogens is 300 g/mol. The van der Waals surface area contributed by atoms with Crippen LogP contribution in [0.1, 0.15) is 32.1 Å². The third-order valence-corrected chi connectivity index (χ3v) is 5.63. The number of Topliss-reactive ketones (excluding diaryl/α,β-unsaturated/α-hetero) is 2. The highest BCUT2D eigenvalue weighted by atomic mass is 16.3. The first-order valence-electron chi connectivity index (χ1n) is 8.54. The second-order valence-corrected chi connectivity index (χ2v) is 7.23. The van der Waals surface area contributed by atoms with Crippen molar-refractivity contribution in [1.82, 2.24) is 0 Å². The summed E-state index contributed by atoms with van der Waals surface area (Å²) in [4.78, 5) is 24.1. The van der Waals surface area contributed by atoms with Crippen LogP contribution in [0.4, 0.5) is 0 Å². The molecule has 0 aromatic heterocycles. The van der Waals surface area contributed by atoms with Crippen LogP contribution in [0.15, 0.2) is 0 Å². The van der Waals surface area contributed by atoms with Gasteiger partial charge in [0, 0.05) is 23.7 Å². The van der Waals surface area contributed by atoms with Gasteiger partial charge in [-0.05, 0) is 43.9 Å². The molecule has 23 heavy (non-hydrogen) atoms. The van der Waals surface area contributed by atoms with Gasteiger partial charge >= 0.3 is 0 Å². The molecule has 0 saturated heterocycles. The van der Waals surface area contributed by atoms with Crippen LogP contribution in [-0.4, -0.2) is 58.4 Å². The molecule has 0 radical (unpaired) electrons. The highest BCUT2D eigenvalue weighted by molar-refractivity contribution is 5.85. The van der Waals surface area contributed by atoms with Crippen LogP contribution in [0.2, 0.25) is 0 Å². The second-order valence-electron chi connectivity index (χ2n) is 7.23. The lowest BCUT2D eigenvalue weighted by Crippen LogP contribution is -2.40. The molecule has 4 unspecified atom stereocenters. The third-order valence-electron chi connectivity index (χ3n) is 5.63. The van der Waals surface area contributed by atoms with Gasteiger partial charge in [-0.15, -0.1) is 0 Å². The van der Waals surface area contributed by atoms with Gasteiger partial charge in [-0.1, -0.05) is 0 Å². The molecule has 132 valence electrons. The number of hydrogen-bond acceptors (Lipinski definition) is 6. The first kappa shape index (κ1) is 18.5. The Hall–Kier alpha value is -0.820. The summed E-state index contributed by atoms with van der Waals surface area (Å²) in [5.74, 6) is -1.27. The quantitative estimate of drug-likeness (QED) is 0.535. The van der Waals surface area contributed by atoms with Gasteiger partial charge in [0.15, 0.2) is 0 Å². The number of ketones is 2. The van der Waals surface area contributed by atoms with Crippen LogP contribution in [0, 0.1) is 35.5 Å². The first-order valence-corrected chi connectivity index (χ1v) is 8.54. The van der Waals surface area contributed by atoms with E-state index in [9.17, 15) is 30.0 Å². The minimum Gasteiger partial charge on any atom is -0.396 e. The number of aliphatic hydroxyl groups excluding tert-OH is 4. The Balaban J connectivity index is 2.00. The molecule has 0 aromatic carbocycles. The Bertz CT molecular complexity index is 353. The van der Waals surface area contributed by atoms with Crippen LogP contribution >= 0.6 is 0 Å². The van der Waals surface area contributed by atoms with Crippen LogP contribution in [0.5, 0.6) is 0 Å². The fraction of sp³-hybridized carbons (Fsp3) is 0.882. The Morgan fingerprint density at radius 1 is 0.609 bits per heavy atom. The summed E-state index contributed by atoms with van der Waals surface area (Å²) in [5.41, 5.74) is 0. The lowest BCUT2D eigenvalue weighted by molar-refractivity contribution is -0.134. The van der Waals surface area contributed by atoms with Crippen LogP contribution in [-0.2, 0) is 9.59 Å². The van der Waals surface area contributed by atoms with Crippen molar-refractivity contribution >= 4 is 11.6 Å². The largest absolute Gasteiger partial charge is 0.396 e. The van der Waals surface area contributed by atoms with E-state index < -0.39 is 23.7 Å². The molecule has 0 aliphatic heterocycles. The lowest BCUT2D eigenvalue weighted by atomic mass is 9.67. The normalized spacial score (nSPS) is 38.8. The molecule has 2 aliphatic carbocycles. The van der Waals surface area contributed by atoms with E-state index in [-0.39, 0.29) is 49.8 Å². The average molecular weight is 328 g/mol. The van der Waals surface area contributed by atoms with Crippen molar-refractivity contribution in [2.75, 3.05) is 26.4 Å². The van der Waals surface area contributed by atoms with E-state index in [2.05, 4.69) is 0 Å². The fourth-order valence-electron chi connectivity index (χ4n) is 4.45. The summed E-state index contributed by atoms with van der Waals surface area (Å²) >= 11 is 0. The average Bonchev–Trinajstić information content (AvgIpc) is 2.57. The zero-order valence-corrected chi connectivity index (χ0v) is 13.4. The van der Waals surface area contributed by atoms with E-state index in [1.165, 1.54) is 0 Å². The number of carbonyl (C=O) groups excluding carboxylic acids is 2. The Kier molecular flexibility index (Phi) is 6.71. The molecular formula is C17H28O6. The summed E-state index contributed by atoms with van der Waals surface area (Å²) < 4.78 is 0. The summed E-state index contributed by atoms with van der Waals surface area (Å²) in [6.45, 7) is -0.748. The van der Waals surface area contributed by atoms with Crippen molar-refractivity contribution in [3.8, 4) is 0 Å². The molecule has 0 heterocycles. The van der Waals surface area contributed by atoms with Gasteiger partial charge in [0.1, 0.15) is 11.6 Å². The molecule has 2 aliphatic rings. The van der Waals surface area contributed by atoms with Crippen molar-refractivity contribution in [1.29, 1.82) is 0 Å². The van der Waals surface area contributed by atoms with Gasteiger partial charge in [-0.3, -0.25) is 9.59 Å². The van der Waals surface area contributed by atoms with Crippen LogP contribution < -0.4 is 0 Å². The smallest absolute Gasteiger partial charge is 0.143 e. The Morgan fingerprint density at radius 3 is 1.09 bits per heavy atom. The third kappa shape index (κ3) is 4.18. The fourth-order valence-corrected chi connectivity index (χ4v) is 4.45. The minimum absolute atomic E-state index is 0.0495. The molecule has 4 atom stereocenters. The molecule has 0 spiro atoms. The summed E-state index contributed by atoms with van der Waals surface area (Å²) in [7, 11) is 0. The topological polar surface area (TPSA) is 115 Å². The van der Waals surface area contributed by atoms with E-state index in [4.69, 9.17) is 0 Å². The van der Waals surface area contributed by atoms with E-state index in [0.717, 1.165) is 6.42 Å². The SMILES string of the molecule is O=C1C(CO)CC(CC2CC(CO)C(=O)C(CO)C2)CC1CO. The highest BCUT2D eigenvalue weighted by Crippen LogP contribution is 2.40. The van der Waals surface area contributed by atoms with Crippen molar-refractivity contribution < 1.29 is 30.0 Å². The Labute approximate surface area is 136 Å². The summed E-state index contributed by atoms with van der Waals surface area (Å²) in [5, 5.41) is 37.5. The minimum atomic E-state index is -0.404. The number of aliphatic hydroxyl groups is 4. The second kappa shape index (κ2) is 8.33. The standard InChI is InChI=1S/C17H28O6/c18-6-12-2-10(3-13(7-19)16(12)22)1-11-4-14(8-20)17(23)15(5-11)9-21/h10-15,18-21H,1-9H2. The predicted molar refractivity (Wildman–Crippen MR) is 82.4 cm³/mol. The van der Waals surface area contributed by atoms with E-state index >= 15 is 0 Å². The molecule has 0 amide bonds. The van der Waals surface area contributed by atoms with Crippen LogP contribution in [0.3, 0.4) is 0 Å². The van der Waals surface area contributed by atoms with E-state index in [1.54, 1.807) is 0 Å². The summed E-state index contributed by atoms with van der Waals surface area (Å²) in [6, 6.07) is 0. The number of rotatable bonds is 6. The van der Waals surface area contributed by atoms with Gasteiger partial charge in [0.25, 0.3) is 0 Å². The van der Waals surface area contributed by atoms with Crippen molar-refractivity contribution in [2.45, 2.75) is 32.1 Å². The maximum Gasteiger partial charge on any atom is 0.143 e. The molecule has 0 aromatic rings. The van der Waals surface area contributed by atoms with E-state index in [1.807, 2.05) is 0 Å². The van der Waals surface area contributed by atoms with Gasteiger partial charge in [0.2, 0.25) is 0 Å². The maximum atomic E-state index is 12.0. The van der Waals surface area contributed by atoms with Gasteiger partial charge in [0.05, 0.1) is 26.4 Å². The highest BCUT2D eigenvalue weighted by Gasteiger charge is 2.40. The monoisotopic (exact) mass is 328 g/mol. The lowest BCUT2D eigenvalue weighted by Gasteiger charge is -2.37. The molecule has 6 nitrogen and oxygen atoms in total. The van der Waals surface area contributed by atoms with E-state index in [0.29, 0.717) is 25.7 Å². The summed E-state index contributed by atoms with van der Waals surface area (Å²) in [6.07, 6.45) is 3.27. The molecule has 2 saturated carbocycles. The molecule has 6 heteroatoms. The van der Waals surface area contributed by atoms with Crippen molar-refractivity contribution in [2.24, 2.45) is 35.5 Å². The molecule has 0 bridgehead atoms. The van der Waals surface area contributed by atoms with Gasteiger partial charge < -0.3 is 20.4 Å². The van der Waals surface area contributed by atoms with Gasteiger partial charge in [-0.25, -0.2) is 0 Å². The zero-order chi connectivity index (χ0) is 17.0. The van der Waals surface area contributed by atoms with Crippen molar-refractivity contribution in [3.05, 3.63) is 0 Å². The van der Waals surface area contributed by atoms with Crippen molar-refractivity contribution in [3.63, 3.8) is 0 Å². The molecule has 2 rings (SSSR count). The Morgan fingerprint density at radius 2 is 0.870 bits per heavy atom.